The topological polar surface area (TPSA) is 66.7 Å². The average Bonchev–Trinajstić information content (AvgIpc) is 3.54. The number of aromatic nitrogens is 1. The lowest BCUT2D eigenvalue weighted by Crippen LogP contribution is -2.33. The van der Waals surface area contributed by atoms with Crippen LogP contribution in [0.5, 0.6) is 0 Å². The quantitative estimate of drug-likeness (QED) is 0.402. The lowest BCUT2D eigenvalue weighted by Gasteiger charge is -2.23. The highest BCUT2D eigenvalue weighted by Gasteiger charge is 2.23. The van der Waals surface area contributed by atoms with Crippen LogP contribution in [-0.4, -0.2) is 42.3 Å². The van der Waals surface area contributed by atoms with Crippen molar-refractivity contribution >= 4 is 28.8 Å². The van der Waals surface area contributed by atoms with Gasteiger partial charge in [0.05, 0.1) is 17.5 Å². The number of para-hydroxylation sites is 1. The van der Waals surface area contributed by atoms with Crippen molar-refractivity contribution in [1.82, 2.24) is 9.88 Å². The van der Waals surface area contributed by atoms with E-state index < -0.39 is 0 Å². The Balaban J connectivity index is 1.50. The lowest BCUT2D eigenvalue weighted by atomic mass is 10.1. The number of furan rings is 1. The molecule has 0 aliphatic carbocycles. The zero-order chi connectivity index (χ0) is 22.5. The number of thiazole rings is 1. The molecule has 4 aromatic rings. The predicted octanol–water partition coefficient (Wildman–Crippen LogP) is 4.99. The summed E-state index contributed by atoms with van der Waals surface area (Å²) >= 11 is 1.34. The molecule has 0 fully saturated rings. The molecular formula is C25H23N3O3S. The van der Waals surface area contributed by atoms with Crippen LogP contribution in [0.4, 0.5) is 5.69 Å². The fraction of sp³-hybridized carbons (Fsp3) is 0.160. The molecule has 7 heteroatoms. The van der Waals surface area contributed by atoms with E-state index in [1.165, 1.54) is 21.8 Å². The molecule has 0 N–H and O–H groups in total. The highest BCUT2D eigenvalue weighted by atomic mass is 32.1. The number of nitrogens with zero attached hydrogens (tertiary/aromatic N) is 3. The molecule has 162 valence electrons. The Bertz CT molecular complexity index is 1200. The van der Waals surface area contributed by atoms with Gasteiger partial charge in [0.2, 0.25) is 0 Å². The SMILES string of the molecule is CN(CCc1ccccc1)C(=O)c1ccccc1N(C)C(=O)c1csc(-c2ccco2)n1. The van der Waals surface area contributed by atoms with E-state index in [-0.39, 0.29) is 11.8 Å². The standard InChI is InChI=1S/C25H23N3O3S/c1-27(15-14-18-9-4-3-5-10-18)24(29)19-11-6-7-12-21(19)28(2)25(30)20-17-32-23(26-20)22-13-8-16-31-22/h3-13,16-17H,14-15H2,1-2H3. The molecule has 2 aromatic heterocycles. The van der Waals surface area contributed by atoms with Crippen LogP contribution in [0.3, 0.4) is 0 Å². The third-order valence-electron chi connectivity index (χ3n) is 5.18. The van der Waals surface area contributed by atoms with Crippen molar-refractivity contribution in [1.29, 1.82) is 0 Å². The zero-order valence-electron chi connectivity index (χ0n) is 17.9. The summed E-state index contributed by atoms with van der Waals surface area (Å²) in [7, 11) is 3.43. The molecule has 0 aliphatic rings. The van der Waals surface area contributed by atoms with Crippen molar-refractivity contribution in [3.63, 3.8) is 0 Å². The number of carbonyl (C=O) groups excluding carboxylic acids is 2. The van der Waals surface area contributed by atoms with Crippen molar-refractivity contribution in [3.8, 4) is 10.8 Å². The van der Waals surface area contributed by atoms with Crippen LogP contribution in [0.1, 0.15) is 26.4 Å². The summed E-state index contributed by atoms with van der Waals surface area (Å²) in [5, 5.41) is 2.34. The molecule has 0 aliphatic heterocycles. The van der Waals surface area contributed by atoms with E-state index in [0.717, 1.165) is 6.42 Å². The van der Waals surface area contributed by atoms with Crippen LogP contribution < -0.4 is 4.90 Å². The second kappa shape index (κ2) is 9.62. The van der Waals surface area contributed by atoms with Crippen LogP contribution in [0.25, 0.3) is 10.8 Å². The van der Waals surface area contributed by atoms with Crippen LogP contribution in [0.2, 0.25) is 0 Å². The first kappa shape index (κ1) is 21.5. The molecule has 2 heterocycles. The van der Waals surface area contributed by atoms with Gasteiger partial charge in [-0.05, 0) is 36.2 Å². The molecule has 2 amide bonds. The highest BCUT2D eigenvalue weighted by molar-refractivity contribution is 7.13. The number of hydrogen-bond donors (Lipinski definition) is 0. The number of rotatable bonds is 7. The van der Waals surface area contributed by atoms with E-state index in [1.807, 2.05) is 36.4 Å². The Hall–Kier alpha value is -3.71. The molecule has 2 aromatic carbocycles. The normalized spacial score (nSPS) is 10.7. The van der Waals surface area contributed by atoms with Crippen molar-refractivity contribution < 1.29 is 14.0 Å². The third-order valence-corrected chi connectivity index (χ3v) is 6.04. The highest BCUT2D eigenvalue weighted by Crippen LogP contribution is 2.27. The monoisotopic (exact) mass is 445 g/mol. The minimum absolute atomic E-state index is 0.134. The molecule has 0 bridgehead atoms. The third kappa shape index (κ3) is 4.63. The molecule has 4 rings (SSSR count). The first-order valence-electron chi connectivity index (χ1n) is 10.2. The van der Waals surface area contributed by atoms with Crippen molar-refractivity contribution in [2.75, 3.05) is 25.5 Å². The van der Waals surface area contributed by atoms with Gasteiger partial charge >= 0.3 is 0 Å². The van der Waals surface area contributed by atoms with E-state index in [2.05, 4.69) is 4.98 Å². The lowest BCUT2D eigenvalue weighted by molar-refractivity contribution is 0.0797. The summed E-state index contributed by atoms with van der Waals surface area (Å²) in [6.07, 6.45) is 2.33. The average molecular weight is 446 g/mol. The summed E-state index contributed by atoms with van der Waals surface area (Å²) < 4.78 is 5.36. The fourth-order valence-electron chi connectivity index (χ4n) is 3.36. The molecule has 32 heavy (non-hydrogen) atoms. The van der Waals surface area contributed by atoms with E-state index in [0.29, 0.717) is 34.3 Å². The van der Waals surface area contributed by atoms with Gasteiger partial charge in [0.1, 0.15) is 5.69 Å². The predicted molar refractivity (Wildman–Crippen MR) is 126 cm³/mol. The molecule has 0 unspecified atom stereocenters. The minimum Gasteiger partial charge on any atom is -0.462 e. The molecule has 6 nitrogen and oxygen atoms in total. The van der Waals surface area contributed by atoms with Gasteiger partial charge in [-0.25, -0.2) is 4.98 Å². The molecule has 0 saturated carbocycles. The van der Waals surface area contributed by atoms with Gasteiger partial charge in [0, 0.05) is 26.0 Å². The molecule has 0 saturated heterocycles. The Morgan fingerprint density at radius 1 is 0.938 bits per heavy atom. The second-order valence-corrected chi connectivity index (χ2v) is 8.22. The van der Waals surface area contributed by atoms with Crippen LogP contribution in [-0.2, 0) is 6.42 Å². The summed E-state index contributed by atoms with van der Waals surface area (Å²) in [5.41, 5.74) is 2.49. The van der Waals surface area contributed by atoms with Gasteiger partial charge in [0.15, 0.2) is 10.8 Å². The van der Waals surface area contributed by atoms with Crippen LogP contribution in [0.15, 0.2) is 82.8 Å². The first-order chi connectivity index (χ1) is 15.5. The maximum Gasteiger partial charge on any atom is 0.277 e. The van der Waals surface area contributed by atoms with Gasteiger partial charge in [-0.15, -0.1) is 11.3 Å². The number of amides is 2. The van der Waals surface area contributed by atoms with Crippen LogP contribution >= 0.6 is 11.3 Å². The summed E-state index contributed by atoms with van der Waals surface area (Å²) in [4.78, 5) is 33.8. The number of hydrogen-bond acceptors (Lipinski definition) is 5. The minimum atomic E-state index is -0.286. The zero-order valence-corrected chi connectivity index (χ0v) is 18.7. The number of anilines is 1. The van der Waals surface area contributed by atoms with Crippen molar-refractivity contribution in [2.24, 2.45) is 0 Å². The number of carbonyl (C=O) groups is 2. The maximum atomic E-state index is 13.2. The Morgan fingerprint density at radius 3 is 2.44 bits per heavy atom. The van der Waals surface area contributed by atoms with E-state index in [9.17, 15) is 9.59 Å². The van der Waals surface area contributed by atoms with E-state index >= 15 is 0 Å². The van der Waals surface area contributed by atoms with Crippen LogP contribution in [0, 0.1) is 0 Å². The first-order valence-corrected chi connectivity index (χ1v) is 11.1. The number of likely N-dealkylation sites (N-methyl/N-ethyl adjacent to an activating group) is 1. The van der Waals surface area contributed by atoms with E-state index in [4.69, 9.17) is 4.42 Å². The van der Waals surface area contributed by atoms with Gasteiger partial charge in [0.25, 0.3) is 11.8 Å². The summed E-state index contributed by atoms with van der Waals surface area (Å²) in [6, 6.07) is 20.8. The maximum absolute atomic E-state index is 13.2. The van der Waals surface area contributed by atoms with Crippen molar-refractivity contribution in [3.05, 3.63) is 95.2 Å². The van der Waals surface area contributed by atoms with Gasteiger partial charge in [-0.1, -0.05) is 42.5 Å². The largest absolute Gasteiger partial charge is 0.462 e. The van der Waals surface area contributed by atoms with Gasteiger partial charge in [-0.3, -0.25) is 9.59 Å². The molecular weight excluding hydrogens is 422 g/mol. The number of benzene rings is 2. The second-order valence-electron chi connectivity index (χ2n) is 7.36. The summed E-state index contributed by atoms with van der Waals surface area (Å²) in [6.45, 7) is 0.577. The Kier molecular flexibility index (Phi) is 6.47. The van der Waals surface area contributed by atoms with E-state index in [1.54, 1.807) is 61.0 Å². The molecule has 0 radical (unpaired) electrons. The van der Waals surface area contributed by atoms with Gasteiger partial charge in [-0.2, -0.15) is 0 Å². The Labute approximate surface area is 190 Å². The van der Waals surface area contributed by atoms with Gasteiger partial charge < -0.3 is 14.2 Å². The fourth-order valence-corrected chi connectivity index (χ4v) is 4.12. The smallest absolute Gasteiger partial charge is 0.277 e. The molecule has 0 atom stereocenters. The Morgan fingerprint density at radius 2 is 1.69 bits per heavy atom. The summed E-state index contributed by atoms with van der Waals surface area (Å²) in [5.74, 6) is 0.198. The molecule has 0 spiro atoms. The van der Waals surface area contributed by atoms with Crippen molar-refractivity contribution in [2.45, 2.75) is 6.42 Å².